The molecule has 0 radical (unpaired) electrons. The molecule has 1 aliphatic carbocycles. The Bertz CT molecular complexity index is 580. The van der Waals surface area contributed by atoms with E-state index >= 15 is 0 Å². The van der Waals surface area contributed by atoms with Gasteiger partial charge in [-0.15, -0.1) is 0 Å². The first-order valence-corrected chi connectivity index (χ1v) is 8.91. The topological polar surface area (TPSA) is 79.5 Å². The van der Waals surface area contributed by atoms with E-state index in [0.717, 1.165) is 18.6 Å². The van der Waals surface area contributed by atoms with Gasteiger partial charge in [-0.1, -0.05) is 31.4 Å². The second kappa shape index (κ2) is 8.85. The highest BCUT2D eigenvalue weighted by Gasteiger charge is 2.34. The van der Waals surface area contributed by atoms with Crippen molar-refractivity contribution in [3.8, 4) is 5.75 Å². The van der Waals surface area contributed by atoms with E-state index < -0.39 is 12.1 Å². The number of carbonyl (C=O) groups is 2. The lowest BCUT2D eigenvalue weighted by Crippen LogP contribution is -2.51. The van der Waals surface area contributed by atoms with Crippen molar-refractivity contribution in [3.63, 3.8) is 0 Å². The van der Waals surface area contributed by atoms with Crippen LogP contribution in [0.2, 0.25) is 0 Å². The van der Waals surface area contributed by atoms with E-state index in [1.165, 1.54) is 31.9 Å². The molecule has 6 nitrogen and oxygen atoms in total. The number of rotatable bonds is 6. The van der Waals surface area contributed by atoms with Crippen molar-refractivity contribution in [3.05, 3.63) is 29.8 Å². The predicted molar refractivity (Wildman–Crippen MR) is 97.8 cm³/mol. The maximum Gasteiger partial charge on any atom is 0.321 e. The number of hydrogen-bond acceptors (Lipinski definition) is 4. The van der Waals surface area contributed by atoms with Crippen molar-refractivity contribution >= 4 is 11.9 Å². The maximum atomic E-state index is 12.1. The molecule has 0 unspecified atom stereocenters. The van der Waals surface area contributed by atoms with Gasteiger partial charge in [-0.05, 0) is 37.5 Å². The molecule has 1 aromatic rings. The van der Waals surface area contributed by atoms with Gasteiger partial charge < -0.3 is 15.4 Å². The van der Waals surface area contributed by atoms with E-state index in [9.17, 15) is 9.59 Å². The van der Waals surface area contributed by atoms with Gasteiger partial charge in [0.1, 0.15) is 5.75 Å². The van der Waals surface area contributed by atoms with E-state index in [4.69, 9.17) is 4.74 Å². The van der Waals surface area contributed by atoms with Crippen molar-refractivity contribution in [1.82, 2.24) is 16.0 Å². The van der Waals surface area contributed by atoms with Crippen molar-refractivity contribution in [2.24, 2.45) is 0 Å². The number of carbonyl (C=O) groups excluding carboxylic acids is 2. The first-order valence-electron chi connectivity index (χ1n) is 8.91. The van der Waals surface area contributed by atoms with Gasteiger partial charge in [-0.25, -0.2) is 4.79 Å². The largest absolute Gasteiger partial charge is 0.497 e. The standard InChI is InChI=1S/C19H29N3O3/c1-14(17(23)22-18(24)20-2)21-13-19(11-5-4-6-12-19)15-7-9-16(25-3)10-8-15/h7-10,14,21H,4-6,11-13H2,1-3H3,(H2,20,22,23,24)/t14-/m0/s1. The summed E-state index contributed by atoms with van der Waals surface area (Å²) < 4.78 is 5.26. The third-order valence-corrected chi connectivity index (χ3v) is 5.12. The van der Waals surface area contributed by atoms with Crippen LogP contribution in [0.4, 0.5) is 4.79 Å². The lowest BCUT2D eigenvalue weighted by atomic mass is 9.69. The van der Waals surface area contributed by atoms with Crippen LogP contribution < -0.4 is 20.7 Å². The summed E-state index contributed by atoms with van der Waals surface area (Å²) in [6, 6.07) is 7.32. The zero-order valence-electron chi connectivity index (χ0n) is 15.4. The molecule has 25 heavy (non-hydrogen) atoms. The molecule has 6 heteroatoms. The Kier molecular flexibility index (Phi) is 6.82. The highest BCUT2D eigenvalue weighted by atomic mass is 16.5. The molecule has 0 aromatic heterocycles. The van der Waals surface area contributed by atoms with Gasteiger partial charge >= 0.3 is 6.03 Å². The fourth-order valence-electron chi connectivity index (χ4n) is 3.46. The van der Waals surface area contributed by atoms with E-state index in [0.29, 0.717) is 6.54 Å². The monoisotopic (exact) mass is 347 g/mol. The van der Waals surface area contributed by atoms with E-state index in [1.54, 1.807) is 14.0 Å². The van der Waals surface area contributed by atoms with Gasteiger partial charge in [0.15, 0.2) is 0 Å². The molecular formula is C19H29N3O3. The summed E-state index contributed by atoms with van der Waals surface area (Å²) in [6.45, 7) is 2.49. The highest BCUT2D eigenvalue weighted by Crippen LogP contribution is 2.39. The van der Waals surface area contributed by atoms with Crippen molar-refractivity contribution in [2.45, 2.75) is 50.5 Å². The summed E-state index contributed by atoms with van der Waals surface area (Å²) in [5, 5.41) is 8.03. The second-order valence-electron chi connectivity index (χ2n) is 6.74. The molecule has 3 amide bonds. The molecule has 0 spiro atoms. The minimum Gasteiger partial charge on any atom is -0.497 e. The molecule has 1 atom stereocenters. The number of urea groups is 1. The summed E-state index contributed by atoms with van der Waals surface area (Å²) in [5.41, 5.74) is 1.30. The highest BCUT2D eigenvalue weighted by molar-refractivity contribution is 5.96. The quantitative estimate of drug-likeness (QED) is 0.738. The van der Waals surface area contributed by atoms with Crippen LogP contribution in [-0.4, -0.2) is 38.7 Å². The molecule has 0 saturated heterocycles. The fraction of sp³-hybridized carbons (Fsp3) is 0.579. The number of nitrogens with one attached hydrogen (secondary N) is 3. The molecule has 2 rings (SSSR count). The van der Waals surface area contributed by atoms with Gasteiger partial charge in [0.05, 0.1) is 13.2 Å². The molecule has 1 saturated carbocycles. The summed E-state index contributed by atoms with van der Waals surface area (Å²) in [5.74, 6) is 0.529. The Morgan fingerprint density at radius 3 is 2.36 bits per heavy atom. The SMILES string of the molecule is CNC(=O)NC(=O)[C@H](C)NCC1(c2ccc(OC)cc2)CCCCC1. The first kappa shape index (κ1) is 19.2. The third kappa shape index (κ3) is 4.95. The average molecular weight is 347 g/mol. The Morgan fingerprint density at radius 2 is 1.80 bits per heavy atom. The Morgan fingerprint density at radius 1 is 1.16 bits per heavy atom. The lowest BCUT2D eigenvalue weighted by Gasteiger charge is -2.39. The van der Waals surface area contributed by atoms with Crippen LogP contribution in [-0.2, 0) is 10.2 Å². The van der Waals surface area contributed by atoms with Crippen LogP contribution in [0.1, 0.15) is 44.6 Å². The van der Waals surface area contributed by atoms with E-state index in [1.807, 2.05) is 12.1 Å². The zero-order chi connectivity index (χ0) is 18.3. The van der Waals surface area contributed by atoms with Gasteiger partial charge in [0.2, 0.25) is 5.91 Å². The van der Waals surface area contributed by atoms with Crippen LogP contribution in [0.25, 0.3) is 0 Å². The molecule has 138 valence electrons. The molecule has 0 aliphatic heterocycles. The lowest BCUT2D eigenvalue weighted by molar-refractivity contribution is -0.121. The van der Waals surface area contributed by atoms with Crippen LogP contribution in [0.5, 0.6) is 5.75 Å². The fourth-order valence-corrected chi connectivity index (χ4v) is 3.46. The number of ether oxygens (including phenoxy) is 1. The summed E-state index contributed by atoms with van der Waals surface area (Å²) in [6.07, 6.45) is 5.82. The molecule has 3 N–H and O–H groups in total. The van der Waals surface area contributed by atoms with Gasteiger partial charge in [0, 0.05) is 19.0 Å². The molecule has 0 bridgehead atoms. The van der Waals surface area contributed by atoms with Crippen molar-refractivity contribution in [1.29, 1.82) is 0 Å². The zero-order valence-corrected chi connectivity index (χ0v) is 15.4. The van der Waals surface area contributed by atoms with Crippen molar-refractivity contribution < 1.29 is 14.3 Å². The average Bonchev–Trinajstić information content (AvgIpc) is 2.66. The van der Waals surface area contributed by atoms with Crippen LogP contribution in [0.15, 0.2) is 24.3 Å². The summed E-state index contributed by atoms with van der Waals surface area (Å²) in [4.78, 5) is 23.4. The number of hydrogen-bond donors (Lipinski definition) is 3. The van der Waals surface area contributed by atoms with Crippen molar-refractivity contribution in [2.75, 3.05) is 20.7 Å². The van der Waals surface area contributed by atoms with Gasteiger partial charge in [-0.3, -0.25) is 10.1 Å². The Balaban J connectivity index is 2.06. The summed E-state index contributed by atoms with van der Waals surface area (Å²) in [7, 11) is 3.15. The summed E-state index contributed by atoms with van der Waals surface area (Å²) >= 11 is 0. The molecule has 1 aliphatic rings. The normalized spacial score (nSPS) is 17.4. The number of amides is 3. The van der Waals surface area contributed by atoms with Gasteiger partial charge in [-0.2, -0.15) is 0 Å². The smallest absolute Gasteiger partial charge is 0.321 e. The third-order valence-electron chi connectivity index (χ3n) is 5.12. The Labute approximate surface area is 149 Å². The molecule has 1 fully saturated rings. The minimum atomic E-state index is -0.485. The first-order chi connectivity index (χ1) is 12.0. The van der Waals surface area contributed by atoms with E-state index in [-0.39, 0.29) is 11.3 Å². The Hall–Kier alpha value is -2.08. The van der Waals surface area contributed by atoms with Gasteiger partial charge in [0.25, 0.3) is 0 Å². The van der Waals surface area contributed by atoms with E-state index in [2.05, 4.69) is 28.1 Å². The van der Waals surface area contributed by atoms with Crippen LogP contribution in [0, 0.1) is 0 Å². The second-order valence-corrected chi connectivity index (χ2v) is 6.74. The minimum absolute atomic E-state index is 0.0199. The number of benzene rings is 1. The maximum absolute atomic E-state index is 12.1. The predicted octanol–water partition coefficient (Wildman–Crippen LogP) is 2.33. The molecule has 1 aromatic carbocycles. The number of methoxy groups -OCH3 is 1. The molecular weight excluding hydrogens is 318 g/mol. The number of imide groups is 1. The van der Waals surface area contributed by atoms with Crippen LogP contribution >= 0.6 is 0 Å². The van der Waals surface area contributed by atoms with Crippen LogP contribution in [0.3, 0.4) is 0 Å². The molecule has 0 heterocycles.